The van der Waals surface area contributed by atoms with Crippen LogP contribution in [0.3, 0.4) is 0 Å². The van der Waals surface area contributed by atoms with E-state index in [1.54, 1.807) is 36.4 Å². The zero-order valence-electron chi connectivity index (χ0n) is 22.3. The second-order valence-electron chi connectivity index (χ2n) is 9.48. The quantitative estimate of drug-likeness (QED) is 0.103. The van der Waals surface area contributed by atoms with E-state index in [4.69, 9.17) is 28.6 Å². The van der Waals surface area contributed by atoms with Gasteiger partial charge in [0, 0.05) is 0 Å². The number of nitrogens with one attached hydrogen (secondary N) is 1. The van der Waals surface area contributed by atoms with Gasteiger partial charge in [0.2, 0.25) is 0 Å². The van der Waals surface area contributed by atoms with Crippen molar-refractivity contribution in [3.63, 3.8) is 0 Å². The molecule has 1 atom stereocenters. The van der Waals surface area contributed by atoms with Crippen molar-refractivity contribution in [3.8, 4) is 11.5 Å². The van der Waals surface area contributed by atoms with Gasteiger partial charge in [-0.15, -0.1) is 0 Å². The number of anilines is 2. The Bertz CT molecular complexity index is 1780. The largest absolute Gasteiger partial charge is 0.457 e. The minimum Gasteiger partial charge on any atom is -0.457 e. The number of benzene rings is 4. The molecule has 0 radical (unpaired) electrons. The number of alkyl halides is 1. The number of halogens is 1. The molecular weight excluding hydrogens is 602 g/mol. The first-order valence-corrected chi connectivity index (χ1v) is 14.8. The predicted molar refractivity (Wildman–Crippen MR) is 175 cm³/mol. The molecule has 2 aliphatic heterocycles. The Balaban J connectivity index is 1.18. The lowest BCUT2D eigenvalue weighted by Crippen LogP contribution is -2.54. The van der Waals surface area contributed by atoms with Gasteiger partial charge in [-0.1, -0.05) is 96.2 Å². The van der Waals surface area contributed by atoms with Crippen molar-refractivity contribution in [1.29, 1.82) is 0 Å². The average molecular weight is 624 g/mol. The van der Waals surface area contributed by atoms with E-state index in [1.807, 2.05) is 84.9 Å². The van der Waals surface area contributed by atoms with Crippen molar-refractivity contribution in [1.82, 2.24) is 5.32 Å². The molecule has 2 fully saturated rings. The Morgan fingerprint density at radius 1 is 0.698 bits per heavy atom. The Kier molecular flexibility index (Phi) is 8.11. The van der Waals surface area contributed by atoms with E-state index in [0.29, 0.717) is 32.0 Å². The molecule has 0 aromatic heterocycles. The number of nitrogens with zero attached hydrogens (tertiary/aromatic N) is 2. The number of carbonyl (C=O) groups excluding carboxylic acids is 3. The highest BCUT2D eigenvalue weighted by molar-refractivity contribution is 8.27. The number of rotatable bonds is 6. The minimum absolute atomic E-state index is 0.180. The van der Waals surface area contributed by atoms with Gasteiger partial charge in [-0.05, 0) is 71.8 Å². The van der Waals surface area contributed by atoms with Crippen LogP contribution in [0.2, 0.25) is 0 Å². The van der Waals surface area contributed by atoms with Crippen molar-refractivity contribution >= 4 is 81.3 Å². The van der Waals surface area contributed by atoms with Crippen LogP contribution < -0.4 is 19.9 Å². The second kappa shape index (κ2) is 12.3. The first-order valence-electron chi connectivity index (χ1n) is 13.1. The number of thioether (sulfide) groups is 1. The zero-order valence-corrected chi connectivity index (χ0v) is 24.7. The molecule has 10 heteroatoms. The maximum atomic E-state index is 13.5. The monoisotopic (exact) mass is 623 g/mol. The topological polar surface area (TPSA) is 79.0 Å². The predicted octanol–water partition coefficient (Wildman–Crippen LogP) is 7.59. The van der Waals surface area contributed by atoms with Crippen LogP contribution in [0.15, 0.2) is 120 Å². The average Bonchev–Trinajstić information content (AvgIpc) is 3.29. The van der Waals surface area contributed by atoms with E-state index in [9.17, 15) is 14.4 Å². The van der Waals surface area contributed by atoms with E-state index in [1.165, 1.54) is 16.7 Å². The lowest BCUT2D eigenvalue weighted by molar-refractivity contribution is -0.115. The molecule has 0 aliphatic carbocycles. The maximum Gasteiger partial charge on any atom is 0.330 e. The van der Waals surface area contributed by atoms with E-state index in [2.05, 4.69) is 5.32 Å². The minimum atomic E-state index is -1.00. The lowest BCUT2D eigenvalue weighted by Gasteiger charge is -2.30. The van der Waals surface area contributed by atoms with Crippen molar-refractivity contribution in [2.45, 2.75) is 5.50 Å². The first kappa shape index (κ1) is 28.4. The fraction of sp³-hybridized carbons (Fsp3) is 0.0303. The van der Waals surface area contributed by atoms with Gasteiger partial charge >= 0.3 is 6.03 Å². The smallest absolute Gasteiger partial charge is 0.330 e. The Morgan fingerprint density at radius 2 is 1.26 bits per heavy atom. The Hall–Kier alpha value is -4.70. The third kappa shape index (κ3) is 6.10. The summed E-state index contributed by atoms with van der Waals surface area (Å²) in [7, 11) is 0. The summed E-state index contributed by atoms with van der Waals surface area (Å²) in [5.74, 6) is 0.522. The number of ether oxygens (including phenoxy) is 1. The van der Waals surface area contributed by atoms with Crippen molar-refractivity contribution < 1.29 is 19.1 Å². The molecule has 212 valence electrons. The molecule has 0 saturated carbocycles. The van der Waals surface area contributed by atoms with Crippen LogP contribution in [-0.4, -0.2) is 27.7 Å². The molecule has 0 bridgehead atoms. The standard InChI is InChI=1S/C33H22ClN3O4S2/c34-29-27(30(38)36(32(40)35-29)24-15-17-26(18-16-24)41-25-9-5-2-6-10-25)19-21-11-13-22(14-12-21)20-28-31(39)37(33(42)43-28)23-7-3-1-4-8-23/h1-20,29H,(H,35,40). The zero-order chi connectivity index (χ0) is 29.9. The summed E-state index contributed by atoms with van der Waals surface area (Å²) in [6.45, 7) is 0. The summed E-state index contributed by atoms with van der Waals surface area (Å²) >= 11 is 13.1. The van der Waals surface area contributed by atoms with Gasteiger partial charge in [-0.3, -0.25) is 14.5 Å². The molecule has 4 amide bonds. The highest BCUT2D eigenvalue weighted by atomic mass is 35.5. The Morgan fingerprint density at radius 3 is 1.91 bits per heavy atom. The molecule has 4 aromatic carbocycles. The normalized spacial score (nSPS) is 18.9. The number of hydrogen-bond acceptors (Lipinski definition) is 6. The molecule has 2 aliphatic rings. The van der Waals surface area contributed by atoms with E-state index in [0.717, 1.165) is 16.2 Å². The van der Waals surface area contributed by atoms with Crippen LogP contribution in [0, 0.1) is 0 Å². The van der Waals surface area contributed by atoms with Crippen molar-refractivity contribution in [2.24, 2.45) is 0 Å². The molecule has 6 rings (SSSR count). The highest BCUT2D eigenvalue weighted by Gasteiger charge is 2.37. The summed E-state index contributed by atoms with van der Waals surface area (Å²) < 4.78 is 6.28. The van der Waals surface area contributed by atoms with E-state index < -0.39 is 17.4 Å². The van der Waals surface area contributed by atoms with Crippen LogP contribution in [-0.2, 0) is 9.59 Å². The lowest BCUT2D eigenvalue weighted by atomic mass is 10.1. The maximum absolute atomic E-state index is 13.5. The summed E-state index contributed by atoms with van der Waals surface area (Å²) in [4.78, 5) is 42.3. The molecule has 2 heterocycles. The fourth-order valence-corrected chi connectivity index (χ4v) is 6.07. The van der Waals surface area contributed by atoms with Gasteiger partial charge in [0.15, 0.2) is 4.32 Å². The summed E-state index contributed by atoms with van der Waals surface area (Å²) in [5, 5.41) is 2.63. The number of para-hydroxylation sites is 2. The summed E-state index contributed by atoms with van der Waals surface area (Å²) in [6.07, 6.45) is 3.42. The third-order valence-corrected chi connectivity index (χ3v) is 8.26. The van der Waals surface area contributed by atoms with Gasteiger partial charge in [-0.25, -0.2) is 9.69 Å². The molecule has 0 spiro atoms. The molecule has 1 unspecified atom stereocenters. The number of urea groups is 1. The van der Waals surface area contributed by atoms with Crippen LogP contribution >= 0.6 is 35.6 Å². The molecule has 7 nitrogen and oxygen atoms in total. The van der Waals surface area contributed by atoms with Gasteiger partial charge in [0.1, 0.15) is 17.0 Å². The molecular formula is C33H22ClN3O4S2. The van der Waals surface area contributed by atoms with Crippen molar-refractivity contribution in [3.05, 3.63) is 131 Å². The number of carbonyl (C=O) groups is 3. The number of thiocarbonyl (C=S) groups is 1. The number of hydrogen-bond donors (Lipinski definition) is 1. The van der Waals surface area contributed by atoms with Gasteiger partial charge in [0.25, 0.3) is 11.8 Å². The van der Waals surface area contributed by atoms with Crippen molar-refractivity contribution in [2.75, 3.05) is 9.80 Å². The third-order valence-electron chi connectivity index (χ3n) is 6.61. The Labute approximate surface area is 262 Å². The SMILES string of the molecule is O=C1NC(Cl)C(=Cc2ccc(C=C3SC(=S)N(c4ccccc4)C3=O)cc2)C(=O)N1c1ccc(Oc2ccccc2)cc1. The van der Waals surface area contributed by atoms with E-state index in [-0.39, 0.29) is 11.5 Å². The van der Waals surface area contributed by atoms with Gasteiger partial charge in [-0.2, -0.15) is 0 Å². The van der Waals surface area contributed by atoms with E-state index >= 15 is 0 Å². The molecule has 4 aromatic rings. The first-order chi connectivity index (χ1) is 20.9. The van der Waals surface area contributed by atoms with Gasteiger partial charge < -0.3 is 10.1 Å². The van der Waals surface area contributed by atoms with Gasteiger partial charge in [0.05, 0.1) is 21.9 Å². The van der Waals surface area contributed by atoms with Crippen LogP contribution in [0.1, 0.15) is 11.1 Å². The summed E-state index contributed by atoms with van der Waals surface area (Å²) in [5.41, 5.74) is 1.80. The number of imide groups is 1. The van der Waals surface area contributed by atoms with Crippen LogP contribution in [0.25, 0.3) is 12.2 Å². The molecule has 43 heavy (non-hydrogen) atoms. The number of amides is 4. The fourth-order valence-electron chi connectivity index (χ4n) is 4.52. The highest BCUT2D eigenvalue weighted by Crippen LogP contribution is 2.36. The van der Waals surface area contributed by atoms with Crippen LogP contribution in [0.4, 0.5) is 16.2 Å². The summed E-state index contributed by atoms with van der Waals surface area (Å²) in [6, 6.07) is 31.9. The second-order valence-corrected chi connectivity index (χ2v) is 11.6. The molecule has 2 saturated heterocycles. The molecule has 1 N–H and O–H groups in total. The van der Waals surface area contributed by atoms with Crippen LogP contribution in [0.5, 0.6) is 11.5 Å².